The van der Waals surface area contributed by atoms with Crippen LogP contribution in [0.2, 0.25) is 0 Å². The number of rotatable bonds is 0. The van der Waals surface area contributed by atoms with Gasteiger partial charge in [-0.1, -0.05) is 6.92 Å². The topological polar surface area (TPSA) is 29.1 Å². The van der Waals surface area contributed by atoms with Crippen molar-refractivity contribution < 1.29 is 4.21 Å². The van der Waals surface area contributed by atoms with Gasteiger partial charge in [0.25, 0.3) is 0 Å². The highest BCUT2D eigenvalue weighted by atomic mass is 32.2. The fourth-order valence-corrected chi connectivity index (χ4v) is 2.95. The van der Waals surface area contributed by atoms with Crippen molar-refractivity contribution in [2.45, 2.75) is 43.7 Å². The van der Waals surface area contributed by atoms with E-state index >= 15 is 0 Å². The molecule has 3 heteroatoms. The van der Waals surface area contributed by atoms with Crippen molar-refractivity contribution in [3.8, 4) is 0 Å². The molecule has 1 rings (SSSR count). The van der Waals surface area contributed by atoms with Crippen molar-refractivity contribution >= 4 is 10.8 Å². The van der Waals surface area contributed by atoms with E-state index in [0.717, 1.165) is 13.0 Å². The van der Waals surface area contributed by atoms with Gasteiger partial charge in [-0.2, -0.15) is 0 Å². The molecule has 4 atom stereocenters. The van der Waals surface area contributed by atoms with E-state index in [1.54, 1.807) is 0 Å². The molecule has 0 aromatic carbocycles. The Morgan fingerprint density at radius 1 is 1.36 bits per heavy atom. The second-order valence-corrected chi connectivity index (χ2v) is 5.58. The van der Waals surface area contributed by atoms with Crippen LogP contribution in [-0.2, 0) is 10.8 Å². The van der Waals surface area contributed by atoms with Crippen LogP contribution in [0.15, 0.2) is 0 Å². The molecule has 11 heavy (non-hydrogen) atoms. The standard InChI is InChI=1S/C8H17NOS/c1-6-4-5-9-7(2)8(3)11(6)10/h6-9H,4-5H2,1-3H3. The molecular weight excluding hydrogens is 158 g/mol. The summed E-state index contributed by atoms with van der Waals surface area (Å²) < 4.78 is 11.6. The zero-order valence-corrected chi connectivity index (χ0v) is 8.28. The lowest BCUT2D eigenvalue weighted by molar-refractivity contribution is 0.546. The van der Waals surface area contributed by atoms with E-state index < -0.39 is 10.8 Å². The fraction of sp³-hybridized carbons (Fsp3) is 1.00. The van der Waals surface area contributed by atoms with Crippen molar-refractivity contribution in [1.29, 1.82) is 0 Å². The molecule has 2 nitrogen and oxygen atoms in total. The van der Waals surface area contributed by atoms with Crippen LogP contribution in [0.25, 0.3) is 0 Å². The van der Waals surface area contributed by atoms with Gasteiger partial charge in [-0.3, -0.25) is 4.21 Å². The van der Waals surface area contributed by atoms with Gasteiger partial charge in [-0.15, -0.1) is 0 Å². The van der Waals surface area contributed by atoms with Crippen LogP contribution in [0.5, 0.6) is 0 Å². The molecule has 66 valence electrons. The van der Waals surface area contributed by atoms with Gasteiger partial charge in [0.1, 0.15) is 0 Å². The van der Waals surface area contributed by atoms with Gasteiger partial charge in [0.05, 0.1) is 0 Å². The molecule has 1 saturated heterocycles. The molecule has 1 heterocycles. The molecule has 1 aliphatic heterocycles. The lowest BCUT2D eigenvalue weighted by Crippen LogP contribution is -2.36. The van der Waals surface area contributed by atoms with Gasteiger partial charge >= 0.3 is 0 Å². The number of hydrogen-bond acceptors (Lipinski definition) is 2. The van der Waals surface area contributed by atoms with E-state index in [1.807, 2.05) is 0 Å². The normalized spacial score (nSPS) is 46.8. The van der Waals surface area contributed by atoms with Crippen molar-refractivity contribution in [2.75, 3.05) is 6.54 Å². The molecule has 4 unspecified atom stereocenters. The molecule has 0 aromatic rings. The largest absolute Gasteiger partial charge is 0.313 e. The summed E-state index contributed by atoms with van der Waals surface area (Å²) in [5.41, 5.74) is 0. The Morgan fingerprint density at radius 2 is 2.00 bits per heavy atom. The quantitative estimate of drug-likeness (QED) is 0.592. The lowest BCUT2D eigenvalue weighted by Gasteiger charge is -2.17. The Morgan fingerprint density at radius 3 is 2.64 bits per heavy atom. The van der Waals surface area contributed by atoms with E-state index in [-0.39, 0.29) is 0 Å². The summed E-state index contributed by atoms with van der Waals surface area (Å²) in [7, 11) is -0.640. The van der Waals surface area contributed by atoms with Crippen LogP contribution in [-0.4, -0.2) is 27.3 Å². The summed E-state index contributed by atoms with van der Waals surface area (Å²) in [6.07, 6.45) is 1.04. The van der Waals surface area contributed by atoms with Crippen LogP contribution < -0.4 is 5.32 Å². The van der Waals surface area contributed by atoms with E-state index in [4.69, 9.17) is 0 Å². The SMILES string of the molecule is CC1NCCC(C)S(=O)C1C. The maximum absolute atomic E-state index is 11.6. The second-order valence-electron chi connectivity index (χ2n) is 3.38. The number of hydrogen-bond donors (Lipinski definition) is 1. The average molecular weight is 175 g/mol. The molecule has 0 amide bonds. The summed E-state index contributed by atoms with van der Waals surface area (Å²) in [5, 5.41) is 4.02. The molecule has 1 N–H and O–H groups in total. The molecule has 0 aliphatic carbocycles. The van der Waals surface area contributed by atoms with Crippen LogP contribution in [0.1, 0.15) is 27.2 Å². The lowest BCUT2D eigenvalue weighted by atomic mass is 10.2. The van der Waals surface area contributed by atoms with Gasteiger partial charge in [0.2, 0.25) is 0 Å². The minimum absolute atomic E-state index is 0.299. The smallest absolute Gasteiger partial charge is 0.0473 e. The van der Waals surface area contributed by atoms with Gasteiger partial charge in [0.15, 0.2) is 0 Å². The van der Waals surface area contributed by atoms with Gasteiger partial charge in [-0.05, 0) is 26.8 Å². The number of nitrogens with one attached hydrogen (secondary N) is 1. The molecule has 0 saturated carbocycles. The first-order valence-electron chi connectivity index (χ1n) is 4.25. The monoisotopic (exact) mass is 175 g/mol. The van der Waals surface area contributed by atoms with Crippen molar-refractivity contribution in [1.82, 2.24) is 5.32 Å². The zero-order chi connectivity index (χ0) is 8.43. The predicted molar refractivity (Wildman–Crippen MR) is 49.1 cm³/mol. The third-order valence-electron chi connectivity index (χ3n) is 2.48. The fourth-order valence-electron chi connectivity index (χ4n) is 1.36. The molecular formula is C8H17NOS. The highest BCUT2D eigenvalue weighted by Gasteiger charge is 2.25. The molecule has 0 aromatic heterocycles. The van der Waals surface area contributed by atoms with Crippen molar-refractivity contribution in [2.24, 2.45) is 0 Å². The summed E-state index contributed by atoms with van der Waals surface area (Å²) in [4.78, 5) is 0. The predicted octanol–water partition coefficient (Wildman–Crippen LogP) is 0.894. The van der Waals surface area contributed by atoms with Crippen molar-refractivity contribution in [3.05, 3.63) is 0 Å². The summed E-state index contributed by atoms with van der Waals surface area (Å²) in [6, 6.07) is 0.404. The first kappa shape index (κ1) is 9.20. The first-order valence-corrected chi connectivity index (χ1v) is 5.53. The molecule has 0 radical (unpaired) electrons. The Labute approximate surface area is 71.2 Å². The Balaban J connectivity index is 2.66. The summed E-state index contributed by atoms with van der Waals surface area (Å²) >= 11 is 0. The Kier molecular flexibility index (Phi) is 3.07. The van der Waals surface area contributed by atoms with Gasteiger partial charge in [-0.25, -0.2) is 0 Å². The first-order chi connectivity index (χ1) is 5.13. The summed E-state index contributed by atoms with van der Waals surface area (Å²) in [5.74, 6) is 0. The van der Waals surface area contributed by atoms with Crippen LogP contribution in [0.3, 0.4) is 0 Å². The summed E-state index contributed by atoms with van der Waals surface area (Å²) in [6.45, 7) is 7.26. The zero-order valence-electron chi connectivity index (χ0n) is 7.46. The molecule has 0 spiro atoms. The molecule has 1 fully saturated rings. The average Bonchev–Trinajstić information content (AvgIpc) is 2.07. The highest BCUT2D eigenvalue weighted by molar-refractivity contribution is 7.86. The third kappa shape index (κ3) is 2.03. The molecule has 1 aliphatic rings. The highest BCUT2D eigenvalue weighted by Crippen LogP contribution is 2.13. The Bertz CT molecular complexity index is 160. The van der Waals surface area contributed by atoms with Crippen LogP contribution >= 0.6 is 0 Å². The van der Waals surface area contributed by atoms with Gasteiger partial charge < -0.3 is 5.32 Å². The second kappa shape index (κ2) is 3.68. The maximum atomic E-state index is 11.6. The van der Waals surface area contributed by atoms with E-state index in [2.05, 4.69) is 26.1 Å². The van der Waals surface area contributed by atoms with E-state index in [0.29, 0.717) is 16.5 Å². The van der Waals surface area contributed by atoms with Gasteiger partial charge in [0, 0.05) is 27.3 Å². The molecule has 0 bridgehead atoms. The van der Waals surface area contributed by atoms with Crippen LogP contribution in [0.4, 0.5) is 0 Å². The van der Waals surface area contributed by atoms with Crippen molar-refractivity contribution in [3.63, 3.8) is 0 Å². The minimum Gasteiger partial charge on any atom is -0.313 e. The Hall–Kier alpha value is 0.110. The maximum Gasteiger partial charge on any atom is 0.0473 e. The van der Waals surface area contributed by atoms with E-state index in [1.165, 1.54) is 0 Å². The van der Waals surface area contributed by atoms with Crippen LogP contribution in [0, 0.1) is 0 Å². The van der Waals surface area contributed by atoms with E-state index in [9.17, 15) is 4.21 Å². The third-order valence-corrected chi connectivity index (χ3v) is 4.65. The minimum atomic E-state index is -0.640.